The van der Waals surface area contributed by atoms with Crippen LogP contribution in [0, 0.1) is 0 Å². The summed E-state index contributed by atoms with van der Waals surface area (Å²) in [5.41, 5.74) is 1.64. The van der Waals surface area contributed by atoms with Crippen molar-refractivity contribution in [1.82, 2.24) is 0 Å². The van der Waals surface area contributed by atoms with Crippen molar-refractivity contribution in [3.63, 3.8) is 0 Å². The van der Waals surface area contributed by atoms with E-state index in [2.05, 4.69) is 0 Å². The lowest BCUT2D eigenvalue weighted by Crippen LogP contribution is -2.41. The Balaban J connectivity index is 1.50. The monoisotopic (exact) mass is 641 g/mol. The molecule has 1 N–H and O–H groups in total. The van der Waals surface area contributed by atoms with Gasteiger partial charge in [0, 0.05) is 32.5 Å². The lowest BCUT2D eigenvalue weighted by Gasteiger charge is -2.32. The Labute approximate surface area is 260 Å². The zero-order valence-corrected chi connectivity index (χ0v) is 26.6. The number of benzene rings is 3. The molecule has 6 rings (SSSR count). The van der Waals surface area contributed by atoms with Crippen molar-refractivity contribution < 1.29 is 32.0 Å². The van der Waals surface area contributed by atoms with Crippen molar-refractivity contribution >= 4 is 74.1 Å². The fourth-order valence-corrected chi connectivity index (χ4v) is 6.78. The number of carboxylic acid groups (broad SMARTS) is 1. The largest absolute Gasteiger partial charge is 0.496 e. The summed E-state index contributed by atoms with van der Waals surface area (Å²) in [5.74, 6) is -0.916. The summed E-state index contributed by atoms with van der Waals surface area (Å²) in [6, 6.07) is 15.0. The maximum absolute atomic E-state index is 13.4. The number of sulfonamides is 1. The minimum atomic E-state index is -3.89. The maximum atomic E-state index is 13.4. The first kappa shape index (κ1) is 30.0. The van der Waals surface area contributed by atoms with Gasteiger partial charge in [0.15, 0.2) is 0 Å². The van der Waals surface area contributed by atoms with E-state index in [1.807, 2.05) is 27.7 Å². The molecule has 0 atom stereocenters. The van der Waals surface area contributed by atoms with E-state index in [1.165, 1.54) is 4.31 Å². The van der Waals surface area contributed by atoms with Gasteiger partial charge in [-0.15, -0.1) is 0 Å². The summed E-state index contributed by atoms with van der Waals surface area (Å²) in [4.78, 5) is 12.5. The van der Waals surface area contributed by atoms with Crippen LogP contribution in [0.2, 0.25) is 10.0 Å². The van der Waals surface area contributed by atoms with Gasteiger partial charge < -0.3 is 18.8 Å². The molecule has 0 radical (unpaired) electrons. The quantitative estimate of drug-likeness (QED) is 0.210. The Hall–Kier alpha value is -3.02. The highest BCUT2D eigenvalue weighted by molar-refractivity contribution is 7.92. The van der Waals surface area contributed by atoms with E-state index in [0.717, 1.165) is 24.7 Å². The third-order valence-corrected chi connectivity index (χ3v) is 10.1. The first-order valence-electron chi connectivity index (χ1n) is 13.8. The number of carboxylic acids is 1. The second-order valence-corrected chi connectivity index (χ2v) is 14.8. The molecule has 1 aliphatic carbocycles. The highest BCUT2D eigenvalue weighted by Gasteiger charge is 2.52. The SMILES string of the molecule is CC1(C)OB(c2ccc(N(c3cc4oc(-c5ccc(Cl)cc5)c(C(=O)O)c4cc3C3CC3)S(C)(=O)=O)cc2Cl)OC1(C)C. The third-order valence-electron chi connectivity index (χ3n) is 8.45. The number of halogens is 2. The Kier molecular flexibility index (Phi) is 7.18. The Morgan fingerprint density at radius 2 is 1.60 bits per heavy atom. The summed E-state index contributed by atoms with van der Waals surface area (Å²) < 4.78 is 46.5. The van der Waals surface area contributed by atoms with Gasteiger partial charge in [-0.3, -0.25) is 0 Å². The number of nitrogens with zero attached hydrogens (tertiary/aromatic N) is 1. The van der Waals surface area contributed by atoms with E-state index in [-0.39, 0.29) is 27.8 Å². The number of carbonyl (C=O) groups is 1. The van der Waals surface area contributed by atoms with E-state index < -0.39 is 34.3 Å². The first-order valence-corrected chi connectivity index (χ1v) is 16.4. The summed E-state index contributed by atoms with van der Waals surface area (Å²) >= 11 is 12.8. The van der Waals surface area contributed by atoms with Crippen LogP contribution < -0.4 is 9.77 Å². The molecule has 1 aliphatic heterocycles. The van der Waals surface area contributed by atoms with Gasteiger partial charge in [-0.25, -0.2) is 17.5 Å². The minimum absolute atomic E-state index is 0.00601. The van der Waals surface area contributed by atoms with Crippen LogP contribution in [0.1, 0.15) is 62.4 Å². The average molecular weight is 642 g/mol. The molecule has 2 aliphatic rings. The van der Waals surface area contributed by atoms with Crippen LogP contribution >= 0.6 is 23.2 Å². The van der Waals surface area contributed by atoms with E-state index in [4.69, 9.17) is 36.9 Å². The van der Waals surface area contributed by atoms with E-state index in [0.29, 0.717) is 32.8 Å². The van der Waals surface area contributed by atoms with Gasteiger partial charge in [0.05, 0.1) is 28.8 Å². The molecule has 1 saturated heterocycles. The topological polar surface area (TPSA) is 106 Å². The molecule has 0 unspecified atom stereocenters. The summed E-state index contributed by atoms with van der Waals surface area (Å²) in [5, 5.41) is 11.4. The molecule has 12 heteroatoms. The van der Waals surface area contributed by atoms with Gasteiger partial charge in [0.25, 0.3) is 0 Å². The van der Waals surface area contributed by atoms with E-state index in [9.17, 15) is 18.3 Å². The molecule has 224 valence electrons. The lowest BCUT2D eigenvalue weighted by molar-refractivity contribution is 0.00578. The van der Waals surface area contributed by atoms with Gasteiger partial charge in [-0.1, -0.05) is 29.3 Å². The van der Waals surface area contributed by atoms with E-state index >= 15 is 0 Å². The predicted molar refractivity (Wildman–Crippen MR) is 170 cm³/mol. The number of rotatable bonds is 7. The fraction of sp³-hybridized carbons (Fsp3) is 0.323. The zero-order valence-electron chi connectivity index (χ0n) is 24.3. The van der Waals surface area contributed by atoms with Crippen molar-refractivity contribution in [2.75, 3.05) is 10.6 Å². The molecule has 0 amide bonds. The maximum Gasteiger partial charge on any atom is 0.496 e. The molecular weight excluding hydrogens is 612 g/mol. The van der Waals surface area contributed by atoms with Crippen molar-refractivity contribution in [2.45, 2.75) is 57.7 Å². The predicted octanol–water partition coefficient (Wildman–Crippen LogP) is 7.38. The summed E-state index contributed by atoms with van der Waals surface area (Å²) in [6.07, 6.45) is 2.82. The lowest BCUT2D eigenvalue weighted by atomic mass is 9.79. The van der Waals surface area contributed by atoms with Gasteiger partial charge in [0.2, 0.25) is 10.0 Å². The molecule has 1 saturated carbocycles. The smallest absolute Gasteiger partial charge is 0.478 e. The number of aromatic carboxylic acids is 1. The van der Waals surface area contributed by atoms with Crippen LogP contribution in [0.3, 0.4) is 0 Å². The molecule has 1 aromatic heterocycles. The molecule has 2 heterocycles. The van der Waals surface area contributed by atoms with Crippen LogP contribution in [0.15, 0.2) is 59.0 Å². The zero-order chi connectivity index (χ0) is 31.1. The van der Waals surface area contributed by atoms with Crippen molar-refractivity contribution in [3.8, 4) is 11.3 Å². The van der Waals surface area contributed by atoms with Gasteiger partial charge in [-0.05, 0) is 94.5 Å². The van der Waals surface area contributed by atoms with Crippen LogP contribution in [0.25, 0.3) is 22.3 Å². The van der Waals surface area contributed by atoms with Gasteiger partial charge in [0.1, 0.15) is 16.9 Å². The van der Waals surface area contributed by atoms with Crippen LogP contribution in [-0.4, -0.2) is 44.1 Å². The average Bonchev–Trinajstić information content (AvgIpc) is 3.63. The van der Waals surface area contributed by atoms with Crippen molar-refractivity contribution in [3.05, 3.63) is 75.8 Å². The highest BCUT2D eigenvalue weighted by Crippen LogP contribution is 2.49. The van der Waals surface area contributed by atoms with Crippen molar-refractivity contribution in [2.24, 2.45) is 0 Å². The molecule has 2 fully saturated rings. The number of furan rings is 1. The number of fused-ring (bicyclic) bond motifs is 1. The third kappa shape index (κ3) is 5.33. The standard InChI is InChI=1S/C31H30BCl2NO7S/c1-30(2)31(3,4)42-32(41-30)23-13-12-20(14-24(23)34)35(43(5,38)39)25-16-26-22(15-21(25)17-6-7-17)27(29(36)37)28(40-26)18-8-10-19(33)11-9-18/h8-17H,6-7H2,1-5H3,(H,36,37). The molecule has 43 heavy (non-hydrogen) atoms. The summed E-state index contributed by atoms with van der Waals surface area (Å²) in [7, 11) is -4.61. The molecule has 0 spiro atoms. The van der Waals surface area contributed by atoms with Crippen molar-refractivity contribution in [1.29, 1.82) is 0 Å². The Bertz CT molecular complexity index is 1870. The van der Waals surface area contributed by atoms with Gasteiger partial charge in [-0.2, -0.15) is 0 Å². The first-order chi connectivity index (χ1) is 20.1. The normalized spacial score (nSPS) is 17.9. The molecule has 0 bridgehead atoms. The van der Waals surface area contributed by atoms with Crippen LogP contribution in [-0.2, 0) is 19.3 Å². The fourth-order valence-electron chi connectivity index (χ4n) is 5.38. The Morgan fingerprint density at radius 3 is 2.14 bits per heavy atom. The minimum Gasteiger partial charge on any atom is -0.478 e. The molecule has 4 aromatic rings. The van der Waals surface area contributed by atoms with E-state index in [1.54, 1.807) is 54.6 Å². The second-order valence-electron chi connectivity index (χ2n) is 12.1. The van der Waals surface area contributed by atoms with Crippen LogP contribution in [0.5, 0.6) is 0 Å². The highest BCUT2D eigenvalue weighted by atomic mass is 35.5. The van der Waals surface area contributed by atoms with Crippen LogP contribution in [0.4, 0.5) is 11.4 Å². The number of anilines is 2. The molecule has 8 nitrogen and oxygen atoms in total. The summed E-state index contributed by atoms with van der Waals surface area (Å²) in [6.45, 7) is 7.77. The number of hydrogen-bond donors (Lipinski definition) is 1. The van der Waals surface area contributed by atoms with Gasteiger partial charge >= 0.3 is 13.1 Å². The number of hydrogen-bond acceptors (Lipinski definition) is 6. The Morgan fingerprint density at radius 1 is 0.977 bits per heavy atom. The molecular formula is C31H30BCl2NO7S. The second kappa shape index (κ2) is 10.3. The molecule has 3 aromatic carbocycles.